The molecule has 1 aromatic carbocycles. The van der Waals surface area contributed by atoms with Crippen molar-refractivity contribution in [3.8, 4) is 5.75 Å². The zero-order chi connectivity index (χ0) is 15.4. The van der Waals surface area contributed by atoms with Gasteiger partial charge in [0.25, 0.3) is 0 Å². The maximum Gasteiger partial charge on any atom is 0.120 e. The lowest BCUT2D eigenvalue weighted by Crippen LogP contribution is -2.20. The van der Waals surface area contributed by atoms with Crippen molar-refractivity contribution in [1.82, 2.24) is 15.1 Å². The molecule has 0 aliphatic rings. The van der Waals surface area contributed by atoms with Crippen molar-refractivity contribution in [3.63, 3.8) is 0 Å². The highest BCUT2D eigenvalue weighted by atomic mass is 79.9. The van der Waals surface area contributed by atoms with Crippen LogP contribution in [0.3, 0.4) is 0 Å². The van der Waals surface area contributed by atoms with Gasteiger partial charge < -0.3 is 10.4 Å². The molecule has 0 radical (unpaired) electrons. The molecular weight excluding hydrogens is 330 g/mol. The summed E-state index contributed by atoms with van der Waals surface area (Å²) in [6, 6.07) is 5.67. The first-order chi connectivity index (χ1) is 10.0. The third-order valence-electron chi connectivity index (χ3n) is 3.64. The topological polar surface area (TPSA) is 50.1 Å². The summed E-state index contributed by atoms with van der Waals surface area (Å²) in [5, 5.41) is 18.0. The minimum Gasteiger partial charge on any atom is -0.508 e. The van der Waals surface area contributed by atoms with Crippen molar-refractivity contribution in [2.24, 2.45) is 7.05 Å². The number of hydrogen-bond acceptors (Lipinski definition) is 3. The number of benzene rings is 1. The van der Waals surface area contributed by atoms with Crippen LogP contribution in [0.2, 0.25) is 0 Å². The van der Waals surface area contributed by atoms with Crippen molar-refractivity contribution < 1.29 is 5.11 Å². The highest BCUT2D eigenvalue weighted by molar-refractivity contribution is 9.10. The fourth-order valence-electron chi connectivity index (χ4n) is 2.54. The second-order valence-electron chi connectivity index (χ2n) is 5.17. The van der Waals surface area contributed by atoms with Crippen molar-refractivity contribution in [2.75, 3.05) is 0 Å². The number of aromatic nitrogens is 2. The molecule has 0 saturated heterocycles. The molecule has 1 unspecified atom stereocenters. The van der Waals surface area contributed by atoms with E-state index in [-0.39, 0.29) is 6.04 Å². The largest absolute Gasteiger partial charge is 0.508 e. The smallest absolute Gasteiger partial charge is 0.120 e. The Balaban J connectivity index is 2.14. The average molecular weight is 352 g/mol. The van der Waals surface area contributed by atoms with E-state index in [1.165, 1.54) is 5.56 Å². The van der Waals surface area contributed by atoms with Gasteiger partial charge in [0.15, 0.2) is 0 Å². The molecule has 4 nitrogen and oxygen atoms in total. The normalized spacial score (nSPS) is 12.6. The lowest BCUT2D eigenvalue weighted by Gasteiger charge is -2.19. The summed E-state index contributed by atoms with van der Waals surface area (Å²) >= 11 is 3.46. The molecule has 0 aliphatic heterocycles. The lowest BCUT2D eigenvalue weighted by atomic mass is 10.0. The third kappa shape index (κ3) is 3.86. The second kappa shape index (κ2) is 7.09. The lowest BCUT2D eigenvalue weighted by molar-refractivity contribution is 0.440. The van der Waals surface area contributed by atoms with Crippen LogP contribution in [-0.2, 0) is 20.0 Å². The number of phenolic OH excluding ortho intramolecular Hbond substituents is 1. The van der Waals surface area contributed by atoms with Gasteiger partial charge in [-0.15, -0.1) is 0 Å². The van der Waals surface area contributed by atoms with E-state index >= 15 is 0 Å². The van der Waals surface area contributed by atoms with Gasteiger partial charge in [-0.2, -0.15) is 5.10 Å². The summed E-state index contributed by atoms with van der Waals surface area (Å²) < 4.78 is 2.83. The zero-order valence-electron chi connectivity index (χ0n) is 12.7. The molecule has 1 aromatic heterocycles. The first-order valence-electron chi connectivity index (χ1n) is 7.28. The minimum atomic E-state index is 0.118. The Kier molecular flexibility index (Phi) is 5.42. The summed E-state index contributed by atoms with van der Waals surface area (Å²) in [6.45, 7) is 4.98. The summed E-state index contributed by atoms with van der Waals surface area (Å²) in [5.74, 6) is 0.333. The molecule has 2 aromatic rings. The van der Waals surface area contributed by atoms with E-state index in [0.29, 0.717) is 5.75 Å². The predicted octanol–water partition coefficient (Wildman–Crippen LogP) is 3.69. The molecule has 0 bridgehead atoms. The van der Waals surface area contributed by atoms with Gasteiger partial charge >= 0.3 is 0 Å². The molecule has 2 N–H and O–H groups in total. The third-order valence-corrected chi connectivity index (χ3v) is 4.13. The Hall–Kier alpha value is -1.33. The number of phenols is 1. The fraction of sp³-hybridized carbons (Fsp3) is 0.438. The summed E-state index contributed by atoms with van der Waals surface area (Å²) in [7, 11) is 1.94. The SMILES string of the molecule is CCc1nn(C)cc1CNC(CC)c1cc(Br)ccc1O. The van der Waals surface area contributed by atoms with Crippen molar-refractivity contribution in [2.45, 2.75) is 39.3 Å². The van der Waals surface area contributed by atoms with Crippen molar-refractivity contribution >= 4 is 15.9 Å². The van der Waals surface area contributed by atoms with E-state index in [9.17, 15) is 5.11 Å². The van der Waals surface area contributed by atoms with Crippen LogP contribution in [0.15, 0.2) is 28.9 Å². The second-order valence-corrected chi connectivity index (χ2v) is 6.09. The van der Waals surface area contributed by atoms with Gasteiger partial charge in [-0.1, -0.05) is 29.8 Å². The van der Waals surface area contributed by atoms with Crippen LogP contribution < -0.4 is 5.32 Å². The molecule has 21 heavy (non-hydrogen) atoms. The molecule has 0 spiro atoms. The number of aryl methyl sites for hydroxylation is 2. The molecule has 5 heteroatoms. The maximum absolute atomic E-state index is 10.1. The summed E-state index contributed by atoms with van der Waals surface area (Å²) in [4.78, 5) is 0. The maximum atomic E-state index is 10.1. The number of nitrogens with one attached hydrogen (secondary N) is 1. The van der Waals surface area contributed by atoms with Gasteiger partial charge in [-0.05, 0) is 31.0 Å². The van der Waals surface area contributed by atoms with Gasteiger partial charge in [-0.25, -0.2) is 0 Å². The first kappa shape index (κ1) is 16.0. The van der Waals surface area contributed by atoms with E-state index in [0.717, 1.165) is 35.1 Å². The molecule has 1 heterocycles. The molecule has 0 fully saturated rings. The number of rotatable bonds is 6. The highest BCUT2D eigenvalue weighted by Gasteiger charge is 2.15. The fourth-order valence-corrected chi connectivity index (χ4v) is 2.92. The van der Waals surface area contributed by atoms with Crippen LogP contribution in [0.5, 0.6) is 5.75 Å². The van der Waals surface area contributed by atoms with E-state index in [1.54, 1.807) is 6.07 Å². The van der Waals surface area contributed by atoms with Crippen LogP contribution in [0.25, 0.3) is 0 Å². The van der Waals surface area contributed by atoms with Crippen LogP contribution in [-0.4, -0.2) is 14.9 Å². The summed E-state index contributed by atoms with van der Waals surface area (Å²) in [6.07, 6.45) is 3.89. The predicted molar refractivity (Wildman–Crippen MR) is 88.3 cm³/mol. The molecule has 0 amide bonds. The van der Waals surface area contributed by atoms with Gasteiger partial charge in [-0.3, -0.25) is 4.68 Å². The Labute approximate surface area is 134 Å². The minimum absolute atomic E-state index is 0.118. The number of hydrogen-bond donors (Lipinski definition) is 2. The molecule has 2 rings (SSSR count). The average Bonchev–Trinajstić information content (AvgIpc) is 2.83. The first-order valence-corrected chi connectivity index (χ1v) is 8.07. The Morgan fingerprint density at radius 3 is 2.81 bits per heavy atom. The quantitative estimate of drug-likeness (QED) is 0.834. The Morgan fingerprint density at radius 1 is 1.38 bits per heavy atom. The van der Waals surface area contributed by atoms with Gasteiger partial charge in [0, 0.05) is 41.4 Å². The molecule has 0 aliphatic carbocycles. The Bertz CT molecular complexity index is 610. The molecule has 1 atom stereocenters. The van der Waals surface area contributed by atoms with Crippen molar-refractivity contribution in [3.05, 3.63) is 45.7 Å². The standard InChI is InChI=1S/C16H22BrN3O/c1-4-14-11(10-20(3)19-14)9-18-15(5-2)13-8-12(17)6-7-16(13)21/h6-8,10,15,18,21H,4-5,9H2,1-3H3. The highest BCUT2D eigenvalue weighted by Crippen LogP contribution is 2.29. The van der Waals surface area contributed by atoms with Crippen LogP contribution >= 0.6 is 15.9 Å². The van der Waals surface area contributed by atoms with E-state index in [1.807, 2.05) is 23.9 Å². The Morgan fingerprint density at radius 2 is 2.14 bits per heavy atom. The van der Waals surface area contributed by atoms with Crippen LogP contribution in [0.4, 0.5) is 0 Å². The zero-order valence-corrected chi connectivity index (χ0v) is 14.3. The molecule has 0 saturated carbocycles. The molecule has 114 valence electrons. The number of aromatic hydroxyl groups is 1. The van der Waals surface area contributed by atoms with Gasteiger partial charge in [0.1, 0.15) is 5.75 Å². The summed E-state index contributed by atoms with van der Waals surface area (Å²) in [5.41, 5.74) is 3.26. The monoisotopic (exact) mass is 351 g/mol. The number of halogens is 1. The molecular formula is C16H22BrN3O. The number of nitrogens with zero attached hydrogens (tertiary/aromatic N) is 2. The van der Waals surface area contributed by atoms with Gasteiger partial charge in [0.05, 0.1) is 5.69 Å². The van der Waals surface area contributed by atoms with Gasteiger partial charge in [0.2, 0.25) is 0 Å². The van der Waals surface area contributed by atoms with E-state index in [2.05, 4.69) is 46.4 Å². The van der Waals surface area contributed by atoms with Crippen molar-refractivity contribution in [1.29, 1.82) is 0 Å². The van der Waals surface area contributed by atoms with E-state index < -0.39 is 0 Å². The van der Waals surface area contributed by atoms with Crippen LogP contribution in [0, 0.1) is 0 Å². The van der Waals surface area contributed by atoms with Crippen LogP contribution in [0.1, 0.15) is 43.1 Å². The van der Waals surface area contributed by atoms with E-state index in [4.69, 9.17) is 0 Å².